The van der Waals surface area contributed by atoms with E-state index in [1.165, 1.54) is 19.3 Å². The van der Waals surface area contributed by atoms with Gasteiger partial charge in [-0.05, 0) is 32.3 Å². The van der Waals surface area contributed by atoms with Crippen molar-refractivity contribution in [2.45, 2.75) is 52.0 Å². The van der Waals surface area contributed by atoms with Gasteiger partial charge in [0.15, 0.2) is 5.82 Å². The second-order valence-electron chi connectivity index (χ2n) is 4.92. The zero-order chi connectivity index (χ0) is 13.1. The van der Waals surface area contributed by atoms with Crippen molar-refractivity contribution in [3.63, 3.8) is 0 Å². The molecule has 5 heteroatoms. The van der Waals surface area contributed by atoms with Gasteiger partial charge in [-0.2, -0.15) is 5.10 Å². The van der Waals surface area contributed by atoms with Gasteiger partial charge in [0.05, 0.1) is 5.69 Å². The van der Waals surface area contributed by atoms with Crippen LogP contribution in [0.1, 0.15) is 53.7 Å². The van der Waals surface area contributed by atoms with Crippen LogP contribution < -0.4 is 5.32 Å². The van der Waals surface area contributed by atoms with Crippen LogP contribution in [0, 0.1) is 13.8 Å². The van der Waals surface area contributed by atoms with E-state index in [0.717, 1.165) is 12.8 Å². The predicted octanol–water partition coefficient (Wildman–Crippen LogP) is 2.54. The van der Waals surface area contributed by atoms with Gasteiger partial charge in [0, 0.05) is 6.04 Å². The highest BCUT2D eigenvalue weighted by Crippen LogP contribution is 2.24. The summed E-state index contributed by atoms with van der Waals surface area (Å²) in [7, 11) is 0. The molecule has 0 saturated heterocycles. The van der Waals surface area contributed by atoms with Crippen LogP contribution in [0.15, 0.2) is 0 Å². The van der Waals surface area contributed by atoms with Crippen molar-refractivity contribution in [2.75, 3.05) is 5.32 Å². The van der Waals surface area contributed by atoms with Gasteiger partial charge in [0.2, 0.25) is 0 Å². The number of hydrogen-bond donors (Lipinski definition) is 2. The first-order valence-corrected chi connectivity index (χ1v) is 6.43. The fourth-order valence-electron chi connectivity index (χ4n) is 2.41. The van der Waals surface area contributed by atoms with Gasteiger partial charge in [-0.25, -0.2) is 4.79 Å². The number of aromatic carboxylic acids is 1. The fourth-order valence-corrected chi connectivity index (χ4v) is 2.41. The number of anilines is 1. The number of aromatic nitrogens is 2. The molecule has 2 rings (SSSR count). The van der Waals surface area contributed by atoms with Gasteiger partial charge in [0.1, 0.15) is 5.56 Å². The van der Waals surface area contributed by atoms with Gasteiger partial charge in [0.25, 0.3) is 0 Å². The van der Waals surface area contributed by atoms with Gasteiger partial charge >= 0.3 is 5.97 Å². The molecule has 1 aliphatic carbocycles. The summed E-state index contributed by atoms with van der Waals surface area (Å²) in [5, 5.41) is 20.6. The summed E-state index contributed by atoms with van der Waals surface area (Å²) >= 11 is 0. The van der Waals surface area contributed by atoms with Crippen LogP contribution in [0.4, 0.5) is 5.82 Å². The summed E-state index contributed by atoms with van der Waals surface area (Å²) in [5.74, 6) is -0.527. The van der Waals surface area contributed by atoms with Crippen molar-refractivity contribution in [1.82, 2.24) is 10.2 Å². The van der Waals surface area contributed by atoms with E-state index in [9.17, 15) is 9.90 Å². The van der Waals surface area contributed by atoms with E-state index in [1.54, 1.807) is 13.8 Å². The molecule has 1 aromatic rings. The lowest BCUT2D eigenvalue weighted by molar-refractivity contribution is 0.0696. The average Bonchev–Trinajstić information content (AvgIpc) is 2.35. The molecule has 0 bridgehead atoms. The minimum absolute atomic E-state index is 0.257. The molecule has 0 aliphatic heterocycles. The molecular formula is C13H19N3O2. The zero-order valence-electron chi connectivity index (χ0n) is 10.9. The van der Waals surface area contributed by atoms with Gasteiger partial charge < -0.3 is 10.4 Å². The van der Waals surface area contributed by atoms with E-state index in [4.69, 9.17) is 0 Å². The number of carboxylic acid groups (broad SMARTS) is 1. The maximum absolute atomic E-state index is 11.3. The monoisotopic (exact) mass is 249 g/mol. The number of carbonyl (C=O) groups is 1. The molecule has 1 saturated carbocycles. The maximum Gasteiger partial charge on any atom is 0.339 e. The Labute approximate surface area is 107 Å². The third kappa shape index (κ3) is 2.60. The summed E-state index contributed by atoms with van der Waals surface area (Å²) in [6.45, 7) is 3.55. The molecule has 1 aliphatic rings. The first kappa shape index (κ1) is 12.8. The first-order valence-electron chi connectivity index (χ1n) is 6.43. The number of carboxylic acids is 1. The van der Waals surface area contributed by atoms with Crippen LogP contribution in [0.3, 0.4) is 0 Å². The molecule has 0 unspecified atom stereocenters. The van der Waals surface area contributed by atoms with Crippen LogP contribution >= 0.6 is 0 Å². The van der Waals surface area contributed by atoms with Crippen LogP contribution in [0.25, 0.3) is 0 Å². The Kier molecular flexibility index (Phi) is 3.79. The normalized spacial score (nSPS) is 16.6. The van der Waals surface area contributed by atoms with Crippen molar-refractivity contribution < 1.29 is 9.90 Å². The molecule has 1 aromatic heterocycles. The fraction of sp³-hybridized carbons (Fsp3) is 0.615. The Bertz CT molecular complexity index is 454. The standard InChI is InChI=1S/C13H19N3O2/c1-8-9(2)15-16-12(11(8)13(17)18)14-10-6-4-3-5-7-10/h10H,3-7H2,1-2H3,(H,14,16)(H,17,18). The van der Waals surface area contributed by atoms with Gasteiger partial charge in [-0.15, -0.1) is 5.10 Å². The van der Waals surface area contributed by atoms with E-state index in [2.05, 4.69) is 15.5 Å². The molecule has 1 heterocycles. The molecule has 1 fully saturated rings. The zero-order valence-corrected chi connectivity index (χ0v) is 10.9. The Morgan fingerprint density at radius 3 is 2.50 bits per heavy atom. The van der Waals surface area contributed by atoms with Crippen molar-refractivity contribution in [2.24, 2.45) is 0 Å². The quantitative estimate of drug-likeness (QED) is 0.861. The molecule has 98 valence electrons. The molecule has 0 radical (unpaired) electrons. The van der Waals surface area contributed by atoms with E-state index in [-0.39, 0.29) is 5.56 Å². The van der Waals surface area contributed by atoms with Crippen LogP contribution in [-0.2, 0) is 0 Å². The third-order valence-corrected chi connectivity index (χ3v) is 3.61. The van der Waals surface area contributed by atoms with Crippen molar-refractivity contribution >= 4 is 11.8 Å². The second-order valence-corrected chi connectivity index (χ2v) is 4.92. The summed E-state index contributed by atoms with van der Waals surface area (Å²) in [4.78, 5) is 11.3. The van der Waals surface area contributed by atoms with Crippen molar-refractivity contribution in [3.05, 3.63) is 16.8 Å². The van der Waals surface area contributed by atoms with Crippen molar-refractivity contribution in [3.8, 4) is 0 Å². The smallest absolute Gasteiger partial charge is 0.339 e. The summed E-state index contributed by atoms with van der Waals surface area (Å²) in [5.41, 5.74) is 1.62. The average molecular weight is 249 g/mol. The number of hydrogen-bond acceptors (Lipinski definition) is 4. The lowest BCUT2D eigenvalue weighted by atomic mass is 9.95. The minimum atomic E-state index is -0.941. The van der Waals surface area contributed by atoms with E-state index in [1.807, 2.05) is 0 Å². The lowest BCUT2D eigenvalue weighted by Gasteiger charge is -2.24. The Hall–Kier alpha value is -1.65. The molecule has 0 atom stereocenters. The van der Waals surface area contributed by atoms with E-state index >= 15 is 0 Å². The molecule has 2 N–H and O–H groups in total. The molecule has 5 nitrogen and oxygen atoms in total. The van der Waals surface area contributed by atoms with Crippen molar-refractivity contribution in [1.29, 1.82) is 0 Å². The van der Waals surface area contributed by atoms with Crippen LogP contribution in [-0.4, -0.2) is 27.3 Å². The molecule has 0 spiro atoms. The lowest BCUT2D eigenvalue weighted by Crippen LogP contribution is -2.25. The largest absolute Gasteiger partial charge is 0.478 e. The third-order valence-electron chi connectivity index (χ3n) is 3.61. The highest BCUT2D eigenvalue weighted by atomic mass is 16.4. The minimum Gasteiger partial charge on any atom is -0.478 e. The molecule has 18 heavy (non-hydrogen) atoms. The topological polar surface area (TPSA) is 75.1 Å². The Morgan fingerprint density at radius 1 is 1.22 bits per heavy atom. The summed E-state index contributed by atoms with van der Waals surface area (Å²) < 4.78 is 0. The first-order chi connectivity index (χ1) is 8.59. The number of nitrogens with one attached hydrogen (secondary N) is 1. The number of aryl methyl sites for hydroxylation is 1. The van der Waals surface area contributed by atoms with Crippen LogP contribution in [0.2, 0.25) is 0 Å². The second kappa shape index (κ2) is 5.33. The number of rotatable bonds is 3. The molecule has 0 aromatic carbocycles. The Morgan fingerprint density at radius 2 is 1.89 bits per heavy atom. The SMILES string of the molecule is Cc1nnc(NC2CCCCC2)c(C(=O)O)c1C. The highest BCUT2D eigenvalue weighted by molar-refractivity contribution is 5.94. The molecule has 0 amide bonds. The van der Waals surface area contributed by atoms with Gasteiger partial charge in [-0.1, -0.05) is 19.3 Å². The maximum atomic E-state index is 11.3. The summed E-state index contributed by atoms with van der Waals surface area (Å²) in [6, 6.07) is 0.327. The highest BCUT2D eigenvalue weighted by Gasteiger charge is 2.21. The van der Waals surface area contributed by atoms with E-state index < -0.39 is 5.97 Å². The van der Waals surface area contributed by atoms with Gasteiger partial charge in [-0.3, -0.25) is 0 Å². The summed E-state index contributed by atoms with van der Waals surface area (Å²) in [6.07, 6.45) is 5.81. The Balaban J connectivity index is 2.26. The predicted molar refractivity (Wildman–Crippen MR) is 69.0 cm³/mol. The number of nitrogens with zero attached hydrogens (tertiary/aromatic N) is 2. The molecular weight excluding hydrogens is 230 g/mol. The van der Waals surface area contributed by atoms with Crippen LogP contribution in [0.5, 0.6) is 0 Å². The van der Waals surface area contributed by atoms with E-state index in [0.29, 0.717) is 23.1 Å².